The maximum atomic E-state index is 12.6. The van der Waals surface area contributed by atoms with E-state index in [1.165, 1.54) is 11.3 Å². The molecule has 27 heavy (non-hydrogen) atoms. The zero-order valence-corrected chi connectivity index (χ0v) is 16.2. The van der Waals surface area contributed by atoms with E-state index in [9.17, 15) is 9.59 Å². The number of carbonyl (C=O) groups excluding carboxylic acids is 2. The second kappa shape index (κ2) is 7.68. The number of anilines is 2. The largest absolute Gasteiger partial charge is 0.494 e. The van der Waals surface area contributed by atoms with Crippen molar-refractivity contribution in [1.82, 2.24) is 4.98 Å². The number of rotatable bonds is 5. The number of benzene rings is 1. The molecule has 2 aliphatic rings. The van der Waals surface area contributed by atoms with Crippen molar-refractivity contribution in [2.45, 2.75) is 39.0 Å². The van der Waals surface area contributed by atoms with E-state index in [4.69, 9.17) is 4.74 Å². The van der Waals surface area contributed by atoms with Gasteiger partial charge in [0, 0.05) is 23.5 Å². The molecule has 1 aromatic heterocycles. The second-order valence-corrected chi connectivity index (χ2v) is 8.00. The third-order valence-electron chi connectivity index (χ3n) is 5.03. The Morgan fingerprint density at radius 1 is 1.30 bits per heavy atom. The van der Waals surface area contributed by atoms with Crippen molar-refractivity contribution >= 4 is 34.0 Å². The highest BCUT2D eigenvalue weighted by molar-refractivity contribution is 7.15. The van der Waals surface area contributed by atoms with Crippen LogP contribution in [0.3, 0.4) is 0 Å². The summed E-state index contributed by atoms with van der Waals surface area (Å²) in [6.45, 7) is 2.92. The monoisotopic (exact) mass is 385 g/mol. The van der Waals surface area contributed by atoms with Crippen molar-refractivity contribution in [2.24, 2.45) is 5.92 Å². The summed E-state index contributed by atoms with van der Waals surface area (Å²) in [6.07, 6.45) is 4.63. The van der Waals surface area contributed by atoms with E-state index in [0.29, 0.717) is 18.3 Å². The normalized spacial score (nSPS) is 19.1. The van der Waals surface area contributed by atoms with Crippen LogP contribution in [0.1, 0.15) is 36.8 Å². The van der Waals surface area contributed by atoms with Gasteiger partial charge in [-0.25, -0.2) is 4.98 Å². The highest BCUT2D eigenvalue weighted by Gasteiger charge is 2.35. The minimum Gasteiger partial charge on any atom is -0.494 e. The van der Waals surface area contributed by atoms with E-state index in [-0.39, 0.29) is 24.2 Å². The van der Waals surface area contributed by atoms with Crippen LogP contribution in [-0.2, 0) is 22.4 Å². The SMILES string of the molecule is CCOc1ccc(N2CC(C(=O)Nc3nc4c(s3)CCCC4)CC2=O)cc1. The molecule has 1 fully saturated rings. The Labute approximate surface area is 162 Å². The summed E-state index contributed by atoms with van der Waals surface area (Å²) in [5, 5.41) is 3.59. The molecule has 4 rings (SSSR count). The van der Waals surface area contributed by atoms with E-state index in [1.54, 1.807) is 16.2 Å². The number of aromatic nitrogens is 1. The van der Waals surface area contributed by atoms with Gasteiger partial charge in [0.1, 0.15) is 5.75 Å². The van der Waals surface area contributed by atoms with Gasteiger partial charge < -0.3 is 15.0 Å². The van der Waals surface area contributed by atoms with Crippen LogP contribution < -0.4 is 15.0 Å². The highest BCUT2D eigenvalue weighted by Crippen LogP contribution is 2.31. The summed E-state index contributed by atoms with van der Waals surface area (Å²) in [5.74, 6) is 0.264. The van der Waals surface area contributed by atoms with Crippen LogP contribution in [0.25, 0.3) is 0 Å². The summed E-state index contributed by atoms with van der Waals surface area (Å²) in [6, 6.07) is 7.41. The fourth-order valence-corrected chi connectivity index (χ4v) is 4.69. The zero-order valence-electron chi connectivity index (χ0n) is 15.4. The van der Waals surface area contributed by atoms with Crippen molar-refractivity contribution in [1.29, 1.82) is 0 Å². The number of hydrogen-bond acceptors (Lipinski definition) is 5. The Morgan fingerprint density at radius 3 is 2.81 bits per heavy atom. The van der Waals surface area contributed by atoms with Crippen LogP contribution in [0.4, 0.5) is 10.8 Å². The van der Waals surface area contributed by atoms with Crippen molar-refractivity contribution < 1.29 is 14.3 Å². The predicted octanol–water partition coefficient (Wildman–Crippen LogP) is 3.41. The summed E-state index contributed by atoms with van der Waals surface area (Å²) in [7, 11) is 0. The Balaban J connectivity index is 1.40. The molecule has 142 valence electrons. The molecule has 0 bridgehead atoms. The maximum absolute atomic E-state index is 12.6. The van der Waals surface area contributed by atoms with Crippen LogP contribution in [0.15, 0.2) is 24.3 Å². The van der Waals surface area contributed by atoms with Gasteiger partial charge in [-0.3, -0.25) is 9.59 Å². The van der Waals surface area contributed by atoms with Crippen LogP contribution in [0.5, 0.6) is 5.75 Å². The lowest BCUT2D eigenvalue weighted by atomic mass is 10.0. The molecule has 1 N–H and O–H groups in total. The van der Waals surface area contributed by atoms with Gasteiger partial charge >= 0.3 is 0 Å². The molecule has 0 spiro atoms. The Bertz CT molecular complexity index is 823. The molecule has 6 nitrogen and oxygen atoms in total. The van der Waals surface area contributed by atoms with E-state index < -0.39 is 0 Å². The molecule has 2 heterocycles. The molecule has 0 radical (unpaired) electrons. The average Bonchev–Trinajstić information content (AvgIpc) is 3.25. The van der Waals surface area contributed by atoms with Gasteiger partial charge in [0.05, 0.1) is 18.2 Å². The molecule has 1 aliphatic carbocycles. The van der Waals surface area contributed by atoms with E-state index in [1.807, 2.05) is 31.2 Å². The summed E-state index contributed by atoms with van der Waals surface area (Å²) in [4.78, 5) is 32.6. The van der Waals surface area contributed by atoms with Crippen molar-refractivity contribution in [3.63, 3.8) is 0 Å². The Morgan fingerprint density at radius 2 is 2.07 bits per heavy atom. The molecule has 1 atom stereocenters. The number of aryl methyl sites for hydroxylation is 2. The van der Waals surface area contributed by atoms with Gasteiger partial charge in [-0.2, -0.15) is 0 Å². The summed E-state index contributed by atoms with van der Waals surface area (Å²) < 4.78 is 5.44. The number of amides is 2. The standard InChI is InChI=1S/C20H23N3O3S/c1-2-26-15-9-7-14(8-10-15)23-12-13(11-18(23)24)19(25)22-20-21-16-5-3-4-6-17(16)27-20/h7-10,13H,2-6,11-12H2,1H3,(H,21,22,25). The molecule has 7 heteroatoms. The first-order valence-electron chi connectivity index (χ1n) is 9.46. The van der Waals surface area contributed by atoms with Crippen molar-refractivity contribution in [3.05, 3.63) is 34.8 Å². The van der Waals surface area contributed by atoms with Crippen LogP contribution >= 0.6 is 11.3 Å². The number of nitrogens with zero attached hydrogens (tertiary/aromatic N) is 2. The molecule has 1 unspecified atom stereocenters. The lowest BCUT2D eigenvalue weighted by molar-refractivity contribution is -0.122. The molecule has 2 amide bonds. The number of carbonyl (C=O) groups is 2. The molecule has 1 saturated heterocycles. The van der Waals surface area contributed by atoms with E-state index >= 15 is 0 Å². The quantitative estimate of drug-likeness (QED) is 0.856. The number of ether oxygens (including phenoxy) is 1. The van der Waals surface area contributed by atoms with Crippen LogP contribution in [-0.4, -0.2) is 29.9 Å². The molecular weight excluding hydrogens is 362 g/mol. The van der Waals surface area contributed by atoms with Crippen molar-refractivity contribution in [3.8, 4) is 5.75 Å². The maximum Gasteiger partial charge on any atom is 0.231 e. The number of thiazole rings is 1. The fraction of sp³-hybridized carbons (Fsp3) is 0.450. The third-order valence-corrected chi connectivity index (χ3v) is 6.10. The average molecular weight is 385 g/mol. The summed E-state index contributed by atoms with van der Waals surface area (Å²) in [5.41, 5.74) is 1.92. The first kappa shape index (κ1) is 18.0. The number of hydrogen-bond donors (Lipinski definition) is 1. The third kappa shape index (κ3) is 3.83. The topological polar surface area (TPSA) is 71.5 Å². The Kier molecular flexibility index (Phi) is 5.11. The van der Waals surface area contributed by atoms with E-state index in [0.717, 1.165) is 36.4 Å². The van der Waals surface area contributed by atoms with Gasteiger partial charge in [0.25, 0.3) is 0 Å². The molecule has 2 aromatic rings. The number of fused-ring (bicyclic) bond motifs is 1. The zero-order chi connectivity index (χ0) is 18.8. The van der Waals surface area contributed by atoms with Gasteiger partial charge in [-0.05, 0) is 56.9 Å². The van der Waals surface area contributed by atoms with Gasteiger partial charge in [0.15, 0.2) is 5.13 Å². The van der Waals surface area contributed by atoms with Crippen LogP contribution in [0, 0.1) is 5.92 Å². The number of nitrogens with one attached hydrogen (secondary N) is 1. The fourth-order valence-electron chi connectivity index (χ4n) is 3.63. The Hall–Kier alpha value is -2.41. The molecule has 0 saturated carbocycles. The van der Waals surface area contributed by atoms with Crippen molar-refractivity contribution in [2.75, 3.05) is 23.4 Å². The molecule has 1 aliphatic heterocycles. The lowest BCUT2D eigenvalue weighted by Crippen LogP contribution is -2.28. The van der Waals surface area contributed by atoms with E-state index in [2.05, 4.69) is 10.3 Å². The molecular formula is C20H23N3O3S. The van der Waals surface area contributed by atoms with Gasteiger partial charge in [0.2, 0.25) is 11.8 Å². The highest BCUT2D eigenvalue weighted by atomic mass is 32.1. The van der Waals surface area contributed by atoms with Gasteiger partial charge in [-0.15, -0.1) is 11.3 Å². The predicted molar refractivity (Wildman–Crippen MR) is 105 cm³/mol. The van der Waals surface area contributed by atoms with Gasteiger partial charge in [-0.1, -0.05) is 0 Å². The molecule has 1 aromatic carbocycles. The summed E-state index contributed by atoms with van der Waals surface area (Å²) >= 11 is 1.57. The smallest absolute Gasteiger partial charge is 0.231 e. The minimum absolute atomic E-state index is 0.0299. The first-order chi connectivity index (χ1) is 13.1. The minimum atomic E-state index is -0.356. The van der Waals surface area contributed by atoms with Crippen LogP contribution in [0.2, 0.25) is 0 Å². The second-order valence-electron chi connectivity index (χ2n) is 6.92. The first-order valence-corrected chi connectivity index (χ1v) is 10.3. The lowest BCUT2D eigenvalue weighted by Gasteiger charge is -2.17.